The van der Waals surface area contributed by atoms with Crippen LogP contribution in [-0.2, 0) is 14.8 Å². The van der Waals surface area contributed by atoms with Gasteiger partial charge < -0.3 is 5.32 Å². The molecular weight excluding hydrogens is 380 g/mol. The fraction of sp³-hybridized carbons (Fsp3) is 0.579. The van der Waals surface area contributed by atoms with Crippen LogP contribution >= 0.6 is 0 Å². The van der Waals surface area contributed by atoms with Gasteiger partial charge in [-0.2, -0.15) is 4.31 Å². The molecular formula is C19H28N4O4S. The van der Waals surface area contributed by atoms with Crippen LogP contribution in [0.2, 0.25) is 0 Å². The maximum Gasteiger partial charge on any atom is 0.324 e. The van der Waals surface area contributed by atoms with Gasteiger partial charge in [0.05, 0.1) is 10.9 Å². The van der Waals surface area contributed by atoms with Gasteiger partial charge >= 0.3 is 6.03 Å². The Balaban J connectivity index is 1.62. The summed E-state index contributed by atoms with van der Waals surface area (Å²) >= 11 is 0. The number of hydrogen-bond donors (Lipinski definition) is 1. The Morgan fingerprint density at radius 3 is 2.11 bits per heavy atom. The van der Waals surface area contributed by atoms with Crippen molar-refractivity contribution in [1.29, 1.82) is 0 Å². The van der Waals surface area contributed by atoms with Crippen LogP contribution in [0, 0.1) is 0 Å². The van der Waals surface area contributed by atoms with Crippen LogP contribution in [0.3, 0.4) is 0 Å². The molecule has 8 nitrogen and oxygen atoms in total. The number of nitrogens with zero attached hydrogens (tertiary/aromatic N) is 3. The van der Waals surface area contributed by atoms with Crippen molar-refractivity contribution in [1.82, 2.24) is 19.4 Å². The third-order valence-corrected chi connectivity index (χ3v) is 7.40. The first-order valence-corrected chi connectivity index (χ1v) is 11.1. The highest BCUT2D eigenvalue weighted by Gasteiger charge is 2.35. The molecule has 2 heterocycles. The average Bonchev–Trinajstić information content (AvgIpc) is 3.13. The Labute approximate surface area is 166 Å². The number of sulfonamides is 1. The Hall–Kier alpha value is -1.97. The Morgan fingerprint density at radius 1 is 1.00 bits per heavy atom. The van der Waals surface area contributed by atoms with Gasteiger partial charge in [-0.25, -0.2) is 13.2 Å². The van der Waals surface area contributed by atoms with E-state index < -0.39 is 16.1 Å². The molecule has 2 saturated heterocycles. The second-order valence-electron chi connectivity index (χ2n) is 7.56. The third kappa shape index (κ3) is 4.06. The summed E-state index contributed by atoms with van der Waals surface area (Å²) in [6, 6.07) is 6.22. The van der Waals surface area contributed by atoms with Crippen molar-refractivity contribution >= 4 is 22.0 Å². The van der Waals surface area contributed by atoms with Gasteiger partial charge in [0, 0.05) is 39.3 Å². The highest BCUT2D eigenvalue weighted by atomic mass is 32.2. The molecule has 1 aromatic rings. The molecule has 1 atom stereocenters. The summed E-state index contributed by atoms with van der Waals surface area (Å²) in [6.45, 7) is 8.28. The van der Waals surface area contributed by atoms with Crippen LogP contribution in [0.15, 0.2) is 29.2 Å². The van der Waals surface area contributed by atoms with Crippen LogP contribution in [0.1, 0.15) is 32.3 Å². The molecule has 3 rings (SSSR count). The monoisotopic (exact) mass is 408 g/mol. The van der Waals surface area contributed by atoms with Crippen molar-refractivity contribution in [3.63, 3.8) is 0 Å². The van der Waals surface area contributed by atoms with Crippen LogP contribution in [0.25, 0.3) is 0 Å². The van der Waals surface area contributed by atoms with Gasteiger partial charge in [0.15, 0.2) is 0 Å². The van der Waals surface area contributed by atoms with Crippen molar-refractivity contribution in [2.45, 2.75) is 37.6 Å². The zero-order chi connectivity index (χ0) is 20.5. The van der Waals surface area contributed by atoms with Crippen LogP contribution in [0.5, 0.6) is 0 Å². The van der Waals surface area contributed by atoms with E-state index in [9.17, 15) is 18.0 Å². The fourth-order valence-electron chi connectivity index (χ4n) is 3.57. The van der Waals surface area contributed by atoms with Crippen molar-refractivity contribution < 1.29 is 18.0 Å². The number of imide groups is 1. The van der Waals surface area contributed by atoms with Gasteiger partial charge in [0.25, 0.3) is 0 Å². The SMILES string of the molecule is CC(C)c1ccc(S(=O)(=O)N2CCN(C(C)C(=O)N3CCNC3=O)CC2)cc1. The van der Waals surface area contributed by atoms with E-state index in [1.807, 2.05) is 17.0 Å². The second kappa shape index (κ2) is 8.18. The summed E-state index contributed by atoms with van der Waals surface area (Å²) in [5.41, 5.74) is 1.10. The number of benzene rings is 1. The standard InChI is InChI=1S/C19H28N4O4S/c1-14(2)16-4-6-17(7-5-16)28(26,27)22-12-10-21(11-13-22)15(3)18(24)23-9-8-20-19(23)25/h4-7,14-15H,8-13H2,1-3H3,(H,20,25). The van der Waals surface area contributed by atoms with Gasteiger partial charge in [-0.05, 0) is 30.5 Å². The predicted octanol–water partition coefficient (Wildman–Crippen LogP) is 1.06. The van der Waals surface area contributed by atoms with E-state index in [0.29, 0.717) is 50.1 Å². The number of nitrogens with one attached hydrogen (secondary N) is 1. The molecule has 1 aromatic carbocycles. The minimum absolute atomic E-state index is 0.240. The average molecular weight is 409 g/mol. The summed E-state index contributed by atoms with van der Waals surface area (Å²) in [5, 5.41) is 2.62. The van der Waals surface area contributed by atoms with E-state index >= 15 is 0 Å². The fourth-order valence-corrected chi connectivity index (χ4v) is 4.99. The molecule has 0 spiro atoms. The molecule has 9 heteroatoms. The largest absolute Gasteiger partial charge is 0.336 e. The summed E-state index contributed by atoms with van der Waals surface area (Å²) in [6.07, 6.45) is 0. The lowest BCUT2D eigenvalue weighted by Gasteiger charge is -2.37. The zero-order valence-corrected chi connectivity index (χ0v) is 17.4. The summed E-state index contributed by atoms with van der Waals surface area (Å²) in [5.74, 6) is 0.104. The molecule has 2 aliphatic rings. The predicted molar refractivity (Wildman–Crippen MR) is 105 cm³/mol. The van der Waals surface area contributed by atoms with E-state index in [-0.39, 0.29) is 11.9 Å². The first-order chi connectivity index (χ1) is 13.2. The van der Waals surface area contributed by atoms with E-state index in [1.165, 1.54) is 9.21 Å². The number of urea groups is 1. The van der Waals surface area contributed by atoms with E-state index in [4.69, 9.17) is 0 Å². The minimum atomic E-state index is -3.55. The minimum Gasteiger partial charge on any atom is -0.336 e. The number of rotatable bonds is 5. The Bertz CT molecular complexity index is 830. The van der Waals surface area contributed by atoms with E-state index in [2.05, 4.69) is 19.2 Å². The first-order valence-electron chi connectivity index (χ1n) is 9.65. The number of carbonyl (C=O) groups is 2. The molecule has 1 unspecified atom stereocenters. The molecule has 154 valence electrons. The molecule has 0 radical (unpaired) electrons. The quantitative estimate of drug-likeness (QED) is 0.787. The molecule has 1 N–H and O–H groups in total. The maximum atomic E-state index is 12.9. The summed E-state index contributed by atoms with van der Waals surface area (Å²) in [7, 11) is -3.55. The highest BCUT2D eigenvalue weighted by Crippen LogP contribution is 2.22. The van der Waals surface area contributed by atoms with Gasteiger partial charge in [-0.15, -0.1) is 0 Å². The number of amides is 3. The Morgan fingerprint density at radius 2 is 1.61 bits per heavy atom. The molecule has 2 fully saturated rings. The van der Waals surface area contributed by atoms with Crippen molar-refractivity contribution in [2.24, 2.45) is 0 Å². The zero-order valence-electron chi connectivity index (χ0n) is 16.6. The van der Waals surface area contributed by atoms with Gasteiger partial charge in [-0.3, -0.25) is 14.6 Å². The van der Waals surface area contributed by atoms with Gasteiger partial charge in [0.1, 0.15) is 0 Å². The van der Waals surface area contributed by atoms with Crippen molar-refractivity contribution in [3.8, 4) is 0 Å². The van der Waals surface area contributed by atoms with E-state index in [1.54, 1.807) is 19.1 Å². The van der Waals surface area contributed by atoms with Crippen LogP contribution < -0.4 is 5.32 Å². The lowest BCUT2D eigenvalue weighted by Crippen LogP contribution is -2.55. The number of hydrogen-bond acceptors (Lipinski definition) is 5. The van der Waals surface area contributed by atoms with Gasteiger partial charge in [-0.1, -0.05) is 26.0 Å². The topological polar surface area (TPSA) is 90.0 Å². The number of piperazine rings is 1. The Kier molecular flexibility index (Phi) is 6.07. The lowest BCUT2D eigenvalue weighted by molar-refractivity contribution is -0.133. The maximum absolute atomic E-state index is 12.9. The summed E-state index contributed by atoms with van der Waals surface area (Å²) in [4.78, 5) is 27.7. The second-order valence-corrected chi connectivity index (χ2v) is 9.50. The van der Waals surface area contributed by atoms with Crippen molar-refractivity contribution in [3.05, 3.63) is 29.8 Å². The van der Waals surface area contributed by atoms with Crippen LogP contribution in [-0.4, -0.2) is 79.8 Å². The molecule has 0 aromatic heterocycles. The first kappa shape index (κ1) is 20.8. The molecule has 0 saturated carbocycles. The lowest BCUT2D eigenvalue weighted by atomic mass is 10.0. The highest BCUT2D eigenvalue weighted by molar-refractivity contribution is 7.89. The smallest absolute Gasteiger partial charge is 0.324 e. The molecule has 2 aliphatic heterocycles. The van der Waals surface area contributed by atoms with Crippen molar-refractivity contribution in [2.75, 3.05) is 39.3 Å². The third-order valence-electron chi connectivity index (χ3n) is 5.49. The molecule has 0 aliphatic carbocycles. The van der Waals surface area contributed by atoms with Gasteiger partial charge in [0.2, 0.25) is 15.9 Å². The summed E-state index contributed by atoms with van der Waals surface area (Å²) < 4.78 is 27.3. The normalized spacial score (nSPS) is 20.4. The molecule has 3 amide bonds. The molecule has 0 bridgehead atoms. The van der Waals surface area contributed by atoms with Crippen LogP contribution in [0.4, 0.5) is 4.79 Å². The number of carbonyl (C=O) groups excluding carboxylic acids is 2. The van der Waals surface area contributed by atoms with E-state index in [0.717, 1.165) is 5.56 Å². The molecule has 28 heavy (non-hydrogen) atoms.